The number of nitrogens with zero attached hydrogens (tertiary/aromatic N) is 3. The van der Waals surface area contributed by atoms with Gasteiger partial charge in [-0.1, -0.05) is 6.92 Å². The topological polar surface area (TPSA) is 52.0 Å². The lowest BCUT2D eigenvalue weighted by Gasteiger charge is -2.34. The SMILES string of the molecule is CCCn1ncnc1CC1(CNC)CCOC1C1CC1. The van der Waals surface area contributed by atoms with E-state index in [2.05, 4.69) is 27.0 Å². The standard InChI is InChI=1S/C15H26N4O/c1-3-7-19-13(17-11-18-19)9-15(10-16-2)6-8-20-14(15)12-4-5-12/h11-12,14,16H,3-10H2,1-2H3. The van der Waals surface area contributed by atoms with E-state index < -0.39 is 0 Å². The van der Waals surface area contributed by atoms with Crippen molar-refractivity contribution in [1.82, 2.24) is 20.1 Å². The first-order valence-electron chi connectivity index (χ1n) is 7.92. The first kappa shape index (κ1) is 14.0. The van der Waals surface area contributed by atoms with Gasteiger partial charge in [-0.25, -0.2) is 4.98 Å². The minimum absolute atomic E-state index is 0.203. The van der Waals surface area contributed by atoms with Crippen LogP contribution in [0.25, 0.3) is 0 Å². The summed E-state index contributed by atoms with van der Waals surface area (Å²) in [7, 11) is 2.04. The molecule has 1 N–H and O–H groups in total. The lowest BCUT2D eigenvalue weighted by Crippen LogP contribution is -2.43. The molecule has 0 aromatic carbocycles. The van der Waals surface area contributed by atoms with Gasteiger partial charge in [0, 0.05) is 31.5 Å². The molecule has 1 saturated heterocycles. The van der Waals surface area contributed by atoms with E-state index in [-0.39, 0.29) is 5.41 Å². The molecule has 1 aromatic rings. The molecule has 2 unspecified atom stereocenters. The van der Waals surface area contributed by atoms with Gasteiger partial charge in [0.25, 0.3) is 0 Å². The third-order valence-corrected chi connectivity index (χ3v) is 4.72. The van der Waals surface area contributed by atoms with Crippen molar-refractivity contribution >= 4 is 0 Å². The van der Waals surface area contributed by atoms with Crippen LogP contribution in [0.3, 0.4) is 0 Å². The molecule has 5 heteroatoms. The smallest absolute Gasteiger partial charge is 0.138 e. The highest BCUT2D eigenvalue weighted by atomic mass is 16.5. The van der Waals surface area contributed by atoms with E-state index >= 15 is 0 Å². The van der Waals surface area contributed by atoms with Crippen LogP contribution in [0.5, 0.6) is 0 Å². The Hall–Kier alpha value is -0.940. The van der Waals surface area contributed by atoms with Crippen LogP contribution in [-0.4, -0.2) is 41.1 Å². The van der Waals surface area contributed by atoms with E-state index in [0.717, 1.165) is 50.7 Å². The first-order chi connectivity index (χ1) is 9.79. The third kappa shape index (κ3) is 2.61. The molecule has 20 heavy (non-hydrogen) atoms. The second-order valence-electron chi connectivity index (χ2n) is 6.35. The van der Waals surface area contributed by atoms with Crippen molar-refractivity contribution in [2.24, 2.45) is 11.3 Å². The number of rotatable bonds is 7. The predicted octanol–water partition coefficient (Wildman–Crippen LogP) is 1.64. The second-order valence-corrected chi connectivity index (χ2v) is 6.35. The van der Waals surface area contributed by atoms with Gasteiger partial charge in [-0.2, -0.15) is 5.10 Å². The fraction of sp³-hybridized carbons (Fsp3) is 0.867. The van der Waals surface area contributed by atoms with Crippen LogP contribution in [0.4, 0.5) is 0 Å². The normalized spacial score (nSPS) is 30.0. The minimum Gasteiger partial charge on any atom is -0.377 e. The monoisotopic (exact) mass is 278 g/mol. The van der Waals surface area contributed by atoms with Crippen LogP contribution in [0.15, 0.2) is 6.33 Å². The lowest BCUT2D eigenvalue weighted by molar-refractivity contribution is 0.0301. The summed E-state index contributed by atoms with van der Waals surface area (Å²) < 4.78 is 8.17. The third-order valence-electron chi connectivity index (χ3n) is 4.72. The Bertz CT molecular complexity index is 443. The number of ether oxygens (including phenoxy) is 1. The summed E-state index contributed by atoms with van der Waals surface area (Å²) in [6.45, 7) is 5.04. The summed E-state index contributed by atoms with van der Waals surface area (Å²) in [5.41, 5.74) is 0.203. The average Bonchev–Trinajstić information content (AvgIpc) is 3.06. The van der Waals surface area contributed by atoms with E-state index in [0.29, 0.717) is 6.10 Å². The van der Waals surface area contributed by atoms with Gasteiger partial charge in [-0.05, 0) is 38.6 Å². The Morgan fingerprint density at radius 1 is 1.50 bits per heavy atom. The summed E-state index contributed by atoms with van der Waals surface area (Å²) in [6, 6.07) is 0. The fourth-order valence-corrected chi connectivity index (χ4v) is 3.67. The molecule has 1 aliphatic carbocycles. The zero-order valence-electron chi connectivity index (χ0n) is 12.6. The van der Waals surface area contributed by atoms with Gasteiger partial charge in [0.05, 0.1) is 6.10 Å². The van der Waals surface area contributed by atoms with Crippen LogP contribution >= 0.6 is 0 Å². The summed E-state index contributed by atoms with van der Waals surface area (Å²) in [5.74, 6) is 1.90. The quantitative estimate of drug-likeness (QED) is 0.824. The molecule has 0 amide bonds. The largest absolute Gasteiger partial charge is 0.377 e. The fourth-order valence-electron chi connectivity index (χ4n) is 3.67. The van der Waals surface area contributed by atoms with Gasteiger partial charge in [0.1, 0.15) is 12.2 Å². The van der Waals surface area contributed by atoms with Gasteiger partial charge in [0.2, 0.25) is 0 Å². The Balaban J connectivity index is 1.81. The highest BCUT2D eigenvalue weighted by Gasteiger charge is 2.51. The first-order valence-corrected chi connectivity index (χ1v) is 7.92. The van der Waals surface area contributed by atoms with E-state index in [1.54, 1.807) is 6.33 Å². The van der Waals surface area contributed by atoms with E-state index in [9.17, 15) is 0 Å². The zero-order chi connectivity index (χ0) is 14.0. The molecule has 2 fully saturated rings. The van der Waals surface area contributed by atoms with Crippen molar-refractivity contribution < 1.29 is 4.74 Å². The molecule has 2 aliphatic rings. The molecular weight excluding hydrogens is 252 g/mol. The summed E-state index contributed by atoms with van der Waals surface area (Å²) in [4.78, 5) is 4.51. The number of aromatic nitrogens is 3. The lowest BCUT2D eigenvalue weighted by atomic mass is 9.75. The maximum Gasteiger partial charge on any atom is 0.138 e. The molecule has 1 aliphatic heterocycles. The van der Waals surface area contributed by atoms with Crippen LogP contribution in [0.2, 0.25) is 0 Å². The van der Waals surface area contributed by atoms with Crippen LogP contribution in [-0.2, 0) is 17.7 Å². The molecule has 2 atom stereocenters. The molecule has 0 radical (unpaired) electrons. The Kier molecular flexibility index (Phi) is 4.08. The summed E-state index contributed by atoms with van der Waals surface area (Å²) in [5, 5.41) is 7.76. The highest BCUT2D eigenvalue weighted by Crippen LogP contribution is 2.49. The Labute approximate surface area is 121 Å². The highest BCUT2D eigenvalue weighted by molar-refractivity contribution is 5.05. The molecule has 0 bridgehead atoms. The van der Waals surface area contributed by atoms with Crippen molar-refractivity contribution in [3.05, 3.63) is 12.2 Å². The van der Waals surface area contributed by atoms with Gasteiger partial charge < -0.3 is 10.1 Å². The van der Waals surface area contributed by atoms with Gasteiger partial charge >= 0.3 is 0 Å². The average molecular weight is 278 g/mol. The second kappa shape index (κ2) is 5.82. The summed E-state index contributed by atoms with van der Waals surface area (Å²) >= 11 is 0. The van der Waals surface area contributed by atoms with Crippen LogP contribution in [0.1, 0.15) is 38.4 Å². The van der Waals surface area contributed by atoms with Gasteiger partial charge in [-0.15, -0.1) is 0 Å². The van der Waals surface area contributed by atoms with E-state index in [4.69, 9.17) is 4.74 Å². The van der Waals surface area contributed by atoms with E-state index in [1.165, 1.54) is 12.8 Å². The van der Waals surface area contributed by atoms with Crippen molar-refractivity contribution in [2.45, 2.75) is 51.7 Å². The van der Waals surface area contributed by atoms with Crippen LogP contribution < -0.4 is 5.32 Å². The molecule has 2 heterocycles. The zero-order valence-corrected chi connectivity index (χ0v) is 12.6. The molecule has 0 spiro atoms. The van der Waals surface area contributed by atoms with Crippen molar-refractivity contribution in [2.75, 3.05) is 20.2 Å². The van der Waals surface area contributed by atoms with E-state index in [1.807, 2.05) is 7.05 Å². The maximum absolute atomic E-state index is 6.10. The van der Waals surface area contributed by atoms with Crippen LogP contribution in [0, 0.1) is 11.3 Å². The van der Waals surface area contributed by atoms with Gasteiger partial charge in [-0.3, -0.25) is 4.68 Å². The Morgan fingerprint density at radius 3 is 3.05 bits per heavy atom. The molecule has 1 saturated carbocycles. The Morgan fingerprint density at radius 2 is 2.35 bits per heavy atom. The molecular formula is C15H26N4O. The molecule has 5 nitrogen and oxygen atoms in total. The molecule has 3 rings (SSSR count). The van der Waals surface area contributed by atoms with Crippen molar-refractivity contribution in [3.63, 3.8) is 0 Å². The summed E-state index contributed by atoms with van der Waals surface area (Å²) in [6.07, 6.45) is 7.97. The molecule has 112 valence electrons. The number of hydrogen-bond donors (Lipinski definition) is 1. The molecule has 1 aromatic heterocycles. The maximum atomic E-state index is 6.10. The van der Waals surface area contributed by atoms with Crippen molar-refractivity contribution in [3.8, 4) is 0 Å². The minimum atomic E-state index is 0.203. The number of hydrogen-bond acceptors (Lipinski definition) is 4. The number of aryl methyl sites for hydroxylation is 1. The number of nitrogens with one attached hydrogen (secondary N) is 1. The van der Waals surface area contributed by atoms with Crippen molar-refractivity contribution in [1.29, 1.82) is 0 Å². The van der Waals surface area contributed by atoms with Gasteiger partial charge in [0.15, 0.2) is 0 Å². The predicted molar refractivity (Wildman–Crippen MR) is 77.5 cm³/mol.